The van der Waals surface area contributed by atoms with Crippen LogP contribution in [0.5, 0.6) is 0 Å². The zero-order chi connectivity index (χ0) is 16.1. The van der Waals surface area contributed by atoms with Crippen LogP contribution < -0.4 is 5.32 Å². The number of rotatable bonds is 4. The molecule has 0 spiro atoms. The quantitative estimate of drug-likeness (QED) is 0.937. The molecule has 1 saturated heterocycles. The molecule has 2 atom stereocenters. The average Bonchev–Trinajstić information content (AvgIpc) is 2.96. The molecule has 0 radical (unpaired) electrons. The van der Waals surface area contributed by atoms with Gasteiger partial charge >= 0.3 is 6.09 Å². The van der Waals surface area contributed by atoms with Crippen molar-refractivity contribution in [2.24, 2.45) is 0 Å². The second kappa shape index (κ2) is 7.26. The van der Waals surface area contributed by atoms with Crippen molar-refractivity contribution in [3.8, 4) is 0 Å². The van der Waals surface area contributed by atoms with Crippen LogP contribution in [0, 0.1) is 0 Å². The van der Waals surface area contributed by atoms with Crippen molar-refractivity contribution in [2.75, 3.05) is 19.0 Å². The third kappa shape index (κ3) is 4.09. The van der Waals surface area contributed by atoms with Gasteiger partial charge in [0.2, 0.25) is 0 Å². The third-order valence-corrected chi connectivity index (χ3v) is 3.85. The molecule has 0 saturated carbocycles. The highest BCUT2D eigenvalue weighted by molar-refractivity contribution is 5.84. The Kier molecular flexibility index (Phi) is 4.90. The maximum absolute atomic E-state index is 11.8. The fraction of sp³-hybridized carbons (Fsp3) is 0.278. The third-order valence-electron chi connectivity index (χ3n) is 3.85. The Morgan fingerprint density at radius 1 is 1.17 bits per heavy atom. The number of ether oxygens (including phenoxy) is 1. The second-order valence-corrected chi connectivity index (χ2v) is 5.53. The minimum Gasteiger partial charge on any atom is -0.446 e. The summed E-state index contributed by atoms with van der Waals surface area (Å²) in [7, 11) is 1.90. The lowest BCUT2D eigenvalue weighted by Gasteiger charge is -2.17. The van der Waals surface area contributed by atoms with Gasteiger partial charge in [-0.3, -0.25) is 10.2 Å². The van der Waals surface area contributed by atoms with E-state index in [2.05, 4.69) is 17.4 Å². The maximum Gasteiger partial charge on any atom is 0.411 e. The van der Waals surface area contributed by atoms with Crippen molar-refractivity contribution in [1.82, 2.24) is 5.06 Å². The predicted molar refractivity (Wildman–Crippen MR) is 87.8 cm³/mol. The topological polar surface area (TPSA) is 50.8 Å². The molecule has 0 unspecified atom stereocenters. The fourth-order valence-electron chi connectivity index (χ4n) is 2.71. The Hall–Kier alpha value is -2.37. The lowest BCUT2D eigenvalue weighted by Crippen LogP contribution is -2.23. The highest BCUT2D eigenvalue weighted by atomic mass is 16.7. The van der Waals surface area contributed by atoms with Gasteiger partial charge in [-0.2, -0.15) is 5.06 Å². The van der Waals surface area contributed by atoms with Gasteiger partial charge in [-0.1, -0.05) is 48.5 Å². The molecule has 1 aliphatic rings. The van der Waals surface area contributed by atoms with E-state index in [4.69, 9.17) is 9.57 Å². The van der Waals surface area contributed by atoms with E-state index in [0.717, 1.165) is 6.42 Å². The molecule has 1 amide bonds. The van der Waals surface area contributed by atoms with E-state index in [9.17, 15) is 4.79 Å². The molecule has 3 rings (SSSR count). The van der Waals surface area contributed by atoms with Crippen LogP contribution in [-0.4, -0.2) is 30.9 Å². The van der Waals surface area contributed by atoms with Crippen LogP contribution in [0.25, 0.3) is 0 Å². The molecule has 1 aliphatic heterocycles. The maximum atomic E-state index is 11.8. The molecule has 0 bridgehead atoms. The molecule has 1 N–H and O–H groups in total. The van der Waals surface area contributed by atoms with Gasteiger partial charge in [0, 0.05) is 19.2 Å². The summed E-state index contributed by atoms with van der Waals surface area (Å²) in [5, 5.41) is 4.52. The Balaban J connectivity index is 1.49. The molecule has 0 aliphatic carbocycles. The number of para-hydroxylation sites is 1. The first-order valence-electron chi connectivity index (χ1n) is 7.66. The van der Waals surface area contributed by atoms with Gasteiger partial charge in [-0.05, 0) is 17.7 Å². The highest BCUT2D eigenvalue weighted by Crippen LogP contribution is 2.32. The SMILES string of the molecule is CN1O[C@H](COC(=O)Nc2ccccc2)C[C@@H]1c1ccccc1. The summed E-state index contributed by atoms with van der Waals surface area (Å²) in [5.74, 6) is 0. The van der Waals surface area contributed by atoms with Crippen molar-refractivity contribution >= 4 is 11.8 Å². The molecule has 1 fully saturated rings. The molecular weight excluding hydrogens is 292 g/mol. The van der Waals surface area contributed by atoms with E-state index in [1.165, 1.54) is 5.56 Å². The van der Waals surface area contributed by atoms with E-state index in [1.54, 1.807) is 0 Å². The largest absolute Gasteiger partial charge is 0.446 e. The minimum atomic E-state index is -0.467. The van der Waals surface area contributed by atoms with Crippen molar-refractivity contribution in [3.05, 3.63) is 66.2 Å². The molecule has 2 aromatic rings. The van der Waals surface area contributed by atoms with Gasteiger partial charge < -0.3 is 4.74 Å². The highest BCUT2D eigenvalue weighted by Gasteiger charge is 2.32. The number of hydrogen-bond donors (Lipinski definition) is 1. The molecule has 1 heterocycles. The van der Waals surface area contributed by atoms with Gasteiger partial charge in [0.15, 0.2) is 0 Å². The summed E-state index contributed by atoms with van der Waals surface area (Å²) in [5.41, 5.74) is 1.91. The number of nitrogens with zero attached hydrogens (tertiary/aromatic N) is 1. The van der Waals surface area contributed by atoms with Gasteiger partial charge in [-0.15, -0.1) is 0 Å². The number of carbonyl (C=O) groups is 1. The average molecular weight is 312 g/mol. The first-order chi connectivity index (χ1) is 11.2. The van der Waals surface area contributed by atoms with Crippen LogP contribution >= 0.6 is 0 Å². The normalized spacial score (nSPS) is 21.1. The van der Waals surface area contributed by atoms with Crippen molar-refractivity contribution < 1.29 is 14.4 Å². The number of amides is 1. The summed E-state index contributed by atoms with van der Waals surface area (Å²) >= 11 is 0. The molecule has 2 aromatic carbocycles. The molecule has 0 aromatic heterocycles. The standard InChI is InChI=1S/C18H20N2O3/c1-20-17(14-8-4-2-5-9-14)12-16(23-20)13-22-18(21)19-15-10-6-3-7-11-15/h2-11,16-17H,12-13H2,1H3,(H,19,21)/t16-,17+/m0/s1. The van der Waals surface area contributed by atoms with Crippen molar-refractivity contribution in [2.45, 2.75) is 18.6 Å². The zero-order valence-electron chi connectivity index (χ0n) is 13.0. The van der Waals surface area contributed by atoms with Crippen LogP contribution in [0.1, 0.15) is 18.0 Å². The Morgan fingerprint density at radius 3 is 2.52 bits per heavy atom. The summed E-state index contributed by atoms with van der Waals surface area (Å²) in [6, 6.07) is 19.6. The molecular formula is C18H20N2O3. The van der Waals surface area contributed by atoms with Gasteiger partial charge in [0.25, 0.3) is 0 Å². The summed E-state index contributed by atoms with van der Waals surface area (Å²) in [6.07, 6.45) is 0.191. The lowest BCUT2D eigenvalue weighted by atomic mass is 10.0. The number of benzene rings is 2. The number of hydrogen-bond acceptors (Lipinski definition) is 4. The molecule has 5 heteroatoms. The Morgan fingerprint density at radius 2 is 1.83 bits per heavy atom. The molecule has 120 valence electrons. The monoisotopic (exact) mass is 312 g/mol. The van der Waals surface area contributed by atoms with Gasteiger partial charge in [0.05, 0.1) is 6.04 Å². The number of anilines is 1. The minimum absolute atomic E-state index is 0.133. The number of carbonyl (C=O) groups excluding carboxylic acids is 1. The molecule has 5 nitrogen and oxygen atoms in total. The van der Waals surface area contributed by atoms with E-state index >= 15 is 0 Å². The Bertz CT molecular complexity index is 633. The smallest absolute Gasteiger partial charge is 0.411 e. The number of hydroxylamine groups is 2. The van der Waals surface area contributed by atoms with Gasteiger partial charge in [-0.25, -0.2) is 4.79 Å². The fourth-order valence-corrected chi connectivity index (χ4v) is 2.71. The Labute approximate surface area is 135 Å². The van der Waals surface area contributed by atoms with Gasteiger partial charge in [0.1, 0.15) is 12.7 Å². The first kappa shape index (κ1) is 15.5. The van der Waals surface area contributed by atoms with Crippen LogP contribution in [0.15, 0.2) is 60.7 Å². The van der Waals surface area contributed by atoms with Crippen LogP contribution in [0.2, 0.25) is 0 Å². The first-order valence-corrected chi connectivity index (χ1v) is 7.66. The van der Waals surface area contributed by atoms with Crippen LogP contribution in [-0.2, 0) is 9.57 Å². The van der Waals surface area contributed by atoms with E-state index < -0.39 is 6.09 Å². The van der Waals surface area contributed by atoms with Crippen LogP contribution in [0.4, 0.5) is 10.5 Å². The predicted octanol–water partition coefficient (Wildman–Crippen LogP) is 3.61. The van der Waals surface area contributed by atoms with Crippen molar-refractivity contribution in [3.63, 3.8) is 0 Å². The lowest BCUT2D eigenvalue weighted by molar-refractivity contribution is -0.153. The van der Waals surface area contributed by atoms with Crippen LogP contribution in [0.3, 0.4) is 0 Å². The summed E-state index contributed by atoms with van der Waals surface area (Å²) in [6.45, 7) is 0.229. The van der Waals surface area contributed by atoms with E-state index in [1.807, 2.05) is 60.6 Å². The summed E-state index contributed by atoms with van der Waals surface area (Å²) in [4.78, 5) is 17.6. The molecule has 23 heavy (non-hydrogen) atoms. The summed E-state index contributed by atoms with van der Waals surface area (Å²) < 4.78 is 5.26. The van der Waals surface area contributed by atoms with E-state index in [-0.39, 0.29) is 18.8 Å². The van der Waals surface area contributed by atoms with Crippen molar-refractivity contribution in [1.29, 1.82) is 0 Å². The van der Waals surface area contributed by atoms with E-state index in [0.29, 0.717) is 5.69 Å². The zero-order valence-corrected chi connectivity index (χ0v) is 13.0. The second-order valence-electron chi connectivity index (χ2n) is 5.53. The number of nitrogens with one attached hydrogen (secondary N) is 1.